The van der Waals surface area contributed by atoms with Crippen LogP contribution in [0.25, 0.3) is 0 Å². The van der Waals surface area contributed by atoms with Crippen LogP contribution in [0.2, 0.25) is 0 Å². The molecular formula is C19H24FN5. The van der Waals surface area contributed by atoms with Crippen LogP contribution in [0, 0.1) is 17.1 Å². The van der Waals surface area contributed by atoms with Crippen molar-refractivity contribution < 1.29 is 4.39 Å². The van der Waals surface area contributed by atoms with Crippen LogP contribution in [-0.4, -0.2) is 28.9 Å². The van der Waals surface area contributed by atoms with Gasteiger partial charge in [-0.2, -0.15) is 10.4 Å². The zero-order valence-corrected chi connectivity index (χ0v) is 14.7. The van der Waals surface area contributed by atoms with E-state index in [0.717, 1.165) is 32.4 Å². The molecule has 0 bridgehead atoms. The van der Waals surface area contributed by atoms with Crippen LogP contribution in [0.15, 0.2) is 30.6 Å². The van der Waals surface area contributed by atoms with E-state index in [0.29, 0.717) is 17.3 Å². The summed E-state index contributed by atoms with van der Waals surface area (Å²) in [4.78, 5) is 2.08. The van der Waals surface area contributed by atoms with Crippen molar-refractivity contribution in [3.05, 3.63) is 47.5 Å². The summed E-state index contributed by atoms with van der Waals surface area (Å²) < 4.78 is 16.1. The van der Waals surface area contributed by atoms with E-state index >= 15 is 0 Å². The van der Waals surface area contributed by atoms with Crippen LogP contribution < -0.4 is 10.2 Å². The molecule has 1 aliphatic rings. The van der Waals surface area contributed by atoms with Gasteiger partial charge in [-0.15, -0.1) is 0 Å². The first-order valence-corrected chi connectivity index (χ1v) is 8.80. The van der Waals surface area contributed by atoms with Crippen molar-refractivity contribution >= 4 is 5.69 Å². The van der Waals surface area contributed by atoms with Crippen molar-refractivity contribution in [1.82, 2.24) is 15.1 Å². The molecule has 6 heteroatoms. The molecule has 0 aliphatic carbocycles. The molecule has 1 fully saturated rings. The standard InChI is InChI=1S/C19H24FN5/c1-3-18(15-11-22-24(2)12-15)23-16-5-4-8-25(13-16)19-7-6-14(10-21)9-17(19)20/h6-7,9,11-12,16,18,23H,3-5,8,13H2,1-2H3/t16-,18+/m0/s1. The van der Waals surface area contributed by atoms with Gasteiger partial charge in [0.15, 0.2) is 0 Å². The van der Waals surface area contributed by atoms with Crippen molar-refractivity contribution in [3.63, 3.8) is 0 Å². The summed E-state index contributed by atoms with van der Waals surface area (Å²) in [5.41, 5.74) is 2.13. The lowest BCUT2D eigenvalue weighted by Crippen LogP contribution is -2.47. The zero-order chi connectivity index (χ0) is 17.8. The maximum Gasteiger partial charge on any atom is 0.147 e. The van der Waals surface area contributed by atoms with Crippen LogP contribution in [0.5, 0.6) is 0 Å². The monoisotopic (exact) mass is 341 g/mol. The molecule has 25 heavy (non-hydrogen) atoms. The molecule has 0 radical (unpaired) electrons. The molecule has 132 valence electrons. The molecule has 1 N–H and O–H groups in total. The molecular weight excluding hydrogens is 317 g/mol. The maximum atomic E-state index is 14.3. The number of aromatic nitrogens is 2. The second-order valence-corrected chi connectivity index (χ2v) is 6.64. The summed E-state index contributed by atoms with van der Waals surface area (Å²) in [5, 5.41) is 16.9. The highest BCUT2D eigenvalue weighted by Gasteiger charge is 2.24. The average Bonchev–Trinajstić information content (AvgIpc) is 3.06. The number of nitriles is 1. The Balaban J connectivity index is 1.69. The quantitative estimate of drug-likeness (QED) is 0.908. The molecule has 1 saturated heterocycles. The first-order chi connectivity index (χ1) is 12.1. The highest BCUT2D eigenvalue weighted by atomic mass is 19.1. The number of nitrogens with zero attached hydrogens (tertiary/aromatic N) is 4. The Morgan fingerprint density at radius 1 is 1.48 bits per heavy atom. The van der Waals surface area contributed by atoms with Gasteiger partial charge in [-0.3, -0.25) is 4.68 Å². The van der Waals surface area contributed by atoms with Gasteiger partial charge in [0, 0.05) is 44.0 Å². The minimum atomic E-state index is -0.320. The van der Waals surface area contributed by atoms with E-state index in [1.54, 1.807) is 12.1 Å². The van der Waals surface area contributed by atoms with Crippen LogP contribution in [0.4, 0.5) is 10.1 Å². The third kappa shape index (κ3) is 3.99. The predicted octanol–water partition coefficient (Wildman–Crippen LogP) is 3.14. The first-order valence-electron chi connectivity index (χ1n) is 8.80. The second kappa shape index (κ2) is 7.66. The lowest BCUT2D eigenvalue weighted by molar-refractivity contribution is 0.370. The molecule has 1 aliphatic heterocycles. The van der Waals surface area contributed by atoms with Crippen molar-refractivity contribution in [2.75, 3.05) is 18.0 Å². The molecule has 2 aromatic rings. The highest BCUT2D eigenvalue weighted by molar-refractivity contribution is 5.51. The van der Waals surface area contributed by atoms with Gasteiger partial charge >= 0.3 is 0 Å². The fraction of sp³-hybridized carbons (Fsp3) is 0.474. The number of nitrogens with one attached hydrogen (secondary N) is 1. The lowest BCUT2D eigenvalue weighted by atomic mass is 10.0. The summed E-state index contributed by atoms with van der Waals surface area (Å²) >= 11 is 0. The Kier molecular flexibility index (Phi) is 5.34. The number of halogens is 1. The van der Waals surface area contributed by atoms with Crippen LogP contribution in [-0.2, 0) is 7.05 Å². The molecule has 1 aromatic heterocycles. The number of hydrogen-bond donors (Lipinski definition) is 1. The Labute approximate surface area is 148 Å². The molecule has 0 saturated carbocycles. The SMILES string of the molecule is CC[C@@H](N[C@H]1CCCN(c2ccc(C#N)cc2F)C1)c1cnn(C)c1. The highest BCUT2D eigenvalue weighted by Crippen LogP contribution is 2.26. The Bertz CT molecular complexity index is 763. The van der Waals surface area contributed by atoms with Gasteiger partial charge in [-0.25, -0.2) is 4.39 Å². The largest absolute Gasteiger partial charge is 0.368 e. The van der Waals surface area contributed by atoms with Gasteiger partial charge in [0.2, 0.25) is 0 Å². The topological polar surface area (TPSA) is 56.9 Å². The lowest BCUT2D eigenvalue weighted by Gasteiger charge is -2.36. The summed E-state index contributed by atoms with van der Waals surface area (Å²) in [6.07, 6.45) is 7.02. The summed E-state index contributed by atoms with van der Waals surface area (Å²) in [7, 11) is 1.92. The normalized spacial score (nSPS) is 18.8. The average molecular weight is 341 g/mol. The van der Waals surface area contributed by atoms with Gasteiger partial charge in [0.25, 0.3) is 0 Å². The first kappa shape index (κ1) is 17.4. The van der Waals surface area contributed by atoms with E-state index in [1.807, 2.05) is 30.2 Å². The van der Waals surface area contributed by atoms with Gasteiger partial charge < -0.3 is 10.2 Å². The van der Waals surface area contributed by atoms with Crippen molar-refractivity contribution in [1.29, 1.82) is 5.26 Å². The smallest absolute Gasteiger partial charge is 0.147 e. The van der Waals surface area contributed by atoms with E-state index in [1.165, 1.54) is 11.6 Å². The van der Waals surface area contributed by atoms with Crippen LogP contribution in [0.3, 0.4) is 0 Å². The Hall–Kier alpha value is -2.39. The molecule has 1 aromatic carbocycles. The van der Waals surface area contributed by atoms with E-state index < -0.39 is 0 Å². The van der Waals surface area contributed by atoms with Gasteiger partial charge in [-0.1, -0.05) is 6.92 Å². The third-order valence-corrected chi connectivity index (χ3v) is 4.81. The molecule has 0 unspecified atom stereocenters. The Morgan fingerprint density at radius 2 is 2.32 bits per heavy atom. The molecule has 2 atom stereocenters. The maximum absolute atomic E-state index is 14.3. The number of benzene rings is 1. The van der Waals surface area contributed by atoms with Gasteiger partial charge in [0.1, 0.15) is 5.82 Å². The molecule has 5 nitrogen and oxygen atoms in total. The van der Waals surface area contributed by atoms with E-state index in [-0.39, 0.29) is 11.9 Å². The van der Waals surface area contributed by atoms with Crippen LogP contribution >= 0.6 is 0 Å². The summed E-state index contributed by atoms with van der Waals surface area (Å²) in [6, 6.07) is 7.25. The van der Waals surface area contributed by atoms with Crippen molar-refractivity contribution in [2.45, 2.75) is 38.3 Å². The van der Waals surface area contributed by atoms with Crippen molar-refractivity contribution in [3.8, 4) is 6.07 Å². The minimum absolute atomic E-state index is 0.254. The number of piperidine rings is 1. The second-order valence-electron chi connectivity index (χ2n) is 6.64. The number of rotatable bonds is 5. The molecule has 3 rings (SSSR count). The van der Waals surface area contributed by atoms with Gasteiger partial charge in [-0.05, 0) is 37.5 Å². The van der Waals surface area contributed by atoms with E-state index in [2.05, 4.69) is 22.2 Å². The number of hydrogen-bond acceptors (Lipinski definition) is 4. The summed E-state index contributed by atoms with van der Waals surface area (Å²) in [6.45, 7) is 3.76. The van der Waals surface area contributed by atoms with E-state index in [9.17, 15) is 4.39 Å². The van der Waals surface area contributed by atoms with Crippen LogP contribution in [0.1, 0.15) is 43.4 Å². The third-order valence-electron chi connectivity index (χ3n) is 4.81. The molecule has 0 amide bonds. The predicted molar refractivity (Wildman–Crippen MR) is 95.7 cm³/mol. The molecule has 2 heterocycles. The van der Waals surface area contributed by atoms with Crippen molar-refractivity contribution in [2.24, 2.45) is 7.05 Å². The fourth-order valence-corrected chi connectivity index (χ4v) is 3.52. The number of aryl methyl sites for hydroxylation is 1. The summed E-state index contributed by atoms with van der Waals surface area (Å²) in [5.74, 6) is -0.320. The molecule has 0 spiro atoms. The minimum Gasteiger partial charge on any atom is -0.368 e. The Morgan fingerprint density at radius 3 is 2.96 bits per heavy atom. The zero-order valence-electron chi connectivity index (χ0n) is 14.7. The fourth-order valence-electron chi connectivity index (χ4n) is 3.52. The van der Waals surface area contributed by atoms with E-state index in [4.69, 9.17) is 5.26 Å². The number of anilines is 1. The van der Waals surface area contributed by atoms with Gasteiger partial charge in [0.05, 0.1) is 23.5 Å².